The fourth-order valence-corrected chi connectivity index (χ4v) is 4.01. The van der Waals surface area contributed by atoms with E-state index in [0.717, 1.165) is 18.6 Å². The standard InChI is InChI=1S/C15H28N2O/c1-2-3-14-10-13(6-9-18-14)16-15-11-17-7-4-12(15)5-8-17/h12-16H,2-11H2,1H3. The summed E-state index contributed by atoms with van der Waals surface area (Å²) in [5.74, 6) is 0.947. The predicted molar refractivity (Wildman–Crippen MR) is 73.8 cm³/mol. The van der Waals surface area contributed by atoms with E-state index in [1.54, 1.807) is 0 Å². The lowest BCUT2D eigenvalue weighted by Gasteiger charge is -2.47. The molecular formula is C15H28N2O. The first-order chi connectivity index (χ1) is 8.85. The van der Waals surface area contributed by atoms with Gasteiger partial charge in [-0.3, -0.25) is 0 Å². The van der Waals surface area contributed by atoms with Crippen molar-refractivity contribution in [1.82, 2.24) is 10.2 Å². The molecule has 0 spiro atoms. The quantitative estimate of drug-likeness (QED) is 0.828. The van der Waals surface area contributed by atoms with Crippen LogP contribution in [0.5, 0.6) is 0 Å². The molecule has 0 aliphatic carbocycles. The zero-order valence-electron chi connectivity index (χ0n) is 11.7. The second-order valence-electron chi connectivity index (χ2n) is 6.41. The SMILES string of the molecule is CCCC1CC(NC2CN3CCC2CC3)CCO1. The molecule has 18 heavy (non-hydrogen) atoms. The van der Waals surface area contributed by atoms with Crippen molar-refractivity contribution in [2.75, 3.05) is 26.2 Å². The zero-order valence-corrected chi connectivity index (χ0v) is 11.7. The Hall–Kier alpha value is -0.120. The minimum atomic E-state index is 0.516. The molecule has 104 valence electrons. The van der Waals surface area contributed by atoms with Gasteiger partial charge in [0.05, 0.1) is 6.10 Å². The molecule has 4 heterocycles. The highest BCUT2D eigenvalue weighted by Crippen LogP contribution is 2.29. The number of ether oxygens (including phenoxy) is 1. The van der Waals surface area contributed by atoms with Gasteiger partial charge in [-0.2, -0.15) is 0 Å². The molecule has 3 atom stereocenters. The number of fused-ring (bicyclic) bond motifs is 3. The second kappa shape index (κ2) is 5.89. The third-order valence-corrected chi connectivity index (χ3v) is 5.08. The van der Waals surface area contributed by atoms with Crippen molar-refractivity contribution in [3.8, 4) is 0 Å². The molecule has 0 aromatic carbocycles. The number of nitrogens with zero attached hydrogens (tertiary/aromatic N) is 1. The average molecular weight is 252 g/mol. The zero-order chi connectivity index (χ0) is 12.4. The fourth-order valence-electron chi connectivity index (χ4n) is 4.01. The molecule has 4 saturated heterocycles. The van der Waals surface area contributed by atoms with E-state index in [0.29, 0.717) is 12.1 Å². The van der Waals surface area contributed by atoms with Crippen LogP contribution in [-0.2, 0) is 4.74 Å². The Morgan fingerprint density at radius 2 is 2.06 bits per heavy atom. The van der Waals surface area contributed by atoms with Crippen LogP contribution in [0.2, 0.25) is 0 Å². The van der Waals surface area contributed by atoms with Crippen LogP contribution in [-0.4, -0.2) is 49.3 Å². The van der Waals surface area contributed by atoms with E-state index < -0.39 is 0 Å². The normalized spacial score (nSPS) is 44.2. The van der Waals surface area contributed by atoms with Gasteiger partial charge in [0.1, 0.15) is 0 Å². The minimum absolute atomic E-state index is 0.516. The molecule has 3 unspecified atom stereocenters. The Balaban J connectivity index is 1.50. The molecule has 0 radical (unpaired) electrons. The molecule has 0 aromatic rings. The van der Waals surface area contributed by atoms with E-state index in [1.165, 1.54) is 58.2 Å². The lowest BCUT2D eigenvalue weighted by molar-refractivity contribution is -0.0136. The van der Waals surface area contributed by atoms with Gasteiger partial charge in [-0.25, -0.2) is 0 Å². The molecule has 0 aromatic heterocycles. The van der Waals surface area contributed by atoms with Crippen molar-refractivity contribution in [2.45, 2.75) is 63.6 Å². The van der Waals surface area contributed by atoms with Gasteiger partial charge in [0, 0.05) is 25.2 Å². The fraction of sp³-hybridized carbons (Fsp3) is 1.00. The van der Waals surface area contributed by atoms with E-state index in [1.807, 2.05) is 0 Å². The van der Waals surface area contributed by atoms with Crippen LogP contribution in [0.15, 0.2) is 0 Å². The van der Waals surface area contributed by atoms with Crippen molar-refractivity contribution in [3.63, 3.8) is 0 Å². The Labute approximate surface area is 111 Å². The van der Waals surface area contributed by atoms with Crippen LogP contribution in [0.25, 0.3) is 0 Å². The third kappa shape index (κ3) is 2.89. The largest absolute Gasteiger partial charge is 0.378 e. The maximum absolute atomic E-state index is 5.85. The summed E-state index contributed by atoms with van der Waals surface area (Å²) < 4.78 is 5.85. The van der Waals surface area contributed by atoms with Gasteiger partial charge in [0.25, 0.3) is 0 Å². The Morgan fingerprint density at radius 1 is 1.22 bits per heavy atom. The summed E-state index contributed by atoms with van der Waals surface area (Å²) in [4.78, 5) is 2.64. The lowest BCUT2D eigenvalue weighted by atomic mass is 9.83. The molecule has 3 heteroatoms. The maximum Gasteiger partial charge on any atom is 0.0589 e. The van der Waals surface area contributed by atoms with E-state index >= 15 is 0 Å². The molecule has 4 fully saturated rings. The topological polar surface area (TPSA) is 24.5 Å². The maximum atomic E-state index is 5.85. The monoisotopic (exact) mass is 252 g/mol. The number of nitrogens with one attached hydrogen (secondary N) is 1. The van der Waals surface area contributed by atoms with E-state index in [-0.39, 0.29) is 0 Å². The molecular weight excluding hydrogens is 224 g/mol. The number of rotatable bonds is 4. The summed E-state index contributed by atoms with van der Waals surface area (Å²) >= 11 is 0. The number of hydrogen-bond donors (Lipinski definition) is 1. The van der Waals surface area contributed by atoms with Crippen molar-refractivity contribution in [2.24, 2.45) is 5.92 Å². The summed E-state index contributed by atoms with van der Waals surface area (Å²) in [6, 6.07) is 1.47. The van der Waals surface area contributed by atoms with E-state index in [2.05, 4.69) is 17.1 Å². The van der Waals surface area contributed by atoms with Gasteiger partial charge in [-0.1, -0.05) is 13.3 Å². The average Bonchev–Trinajstić information content (AvgIpc) is 2.41. The smallest absolute Gasteiger partial charge is 0.0589 e. The first-order valence-corrected chi connectivity index (χ1v) is 7.95. The Kier molecular flexibility index (Phi) is 4.22. The van der Waals surface area contributed by atoms with Gasteiger partial charge in [0.2, 0.25) is 0 Å². The van der Waals surface area contributed by atoms with Gasteiger partial charge < -0.3 is 15.0 Å². The van der Waals surface area contributed by atoms with Crippen molar-refractivity contribution < 1.29 is 4.74 Å². The van der Waals surface area contributed by atoms with Crippen LogP contribution in [0.4, 0.5) is 0 Å². The van der Waals surface area contributed by atoms with Crippen molar-refractivity contribution >= 4 is 0 Å². The molecule has 4 aliphatic heterocycles. The van der Waals surface area contributed by atoms with Crippen LogP contribution in [0.1, 0.15) is 45.4 Å². The molecule has 1 N–H and O–H groups in total. The van der Waals surface area contributed by atoms with Crippen molar-refractivity contribution in [3.05, 3.63) is 0 Å². The summed E-state index contributed by atoms with van der Waals surface area (Å²) in [5.41, 5.74) is 0. The van der Waals surface area contributed by atoms with E-state index in [9.17, 15) is 0 Å². The second-order valence-corrected chi connectivity index (χ2v) is 6.41. The summed E-state index contributed by atoms with van der Waals surface area (Å²) in [5, 5.41) is 3.96. The van der Waals surface area contributed by atoms with Crippen LogP contribution < -0.4 is 5.32 Å². The number of piperidine rings is 3. The van der Waals surface area contributed by atoms with E-state index in [4.69, 9.17) is 4.74 Å². The highest BCUT2D eigenvalue weighted by Gasteiger charge is 2.35. The molecule has 4 aliphatic rings. The molecule has 0 amide bonds. The van der Waals surface area contributed by atoms with Crippen LogP contribution >= 0.6 is 0 Å². The predicted octanol–water partition coefficient (Wildman–Crippen LogP) is 2.02. The van der Waals surface area contributed by atoms with Gasteiger partial charge in [-0.05, 0) is 51.1 Å². The van der Waals surface area contributed by atoms with Crippen LogP contribution in [0.3, 0.4) is 0 Å². The highest BCUT2D eigenvalue weighted by molar-refractivity contribution is 4.93. The Morgan fingerprint density at radius 3 is 2.72 bits per heavy atom. The lowest BCUT2D eigenvalue weighted by Crippen LogP contribution is -2.58. The molecule has 0 saturated carbocycles. The minimum Gasteiger partial charge on any atom is -0.378 e. The highest BCUT2D eigenvalue weighted by atomic mass is 16.5. The van der Waals surface area contributed by atoms with Gasteiger partial charge >= 0.3 is 0 Å². The summed E-state index contributed by atoms with van der Waals surface area (Å²) in [7, 11) is 0. The third-order valence-electron chi connectivity index (χ3n) is 5.08. The number of hydrogen-bond acceptors (Lipinski definition) is 3. The first kappa shape index (κ1) is 12.9. The van der Waals surface area contributed by atoms with Crippen molar-refractivity contribution in [1.29, 1.82) is 0 Å². The van der Waals surface area contributed by atoms with Crippen LogP contribution in [0, 0.1) is 5.92 Å². The first-order valence-electron chi connectivity index (χ1n) is 7.95. The van der Waals surface area contributed by atoms with Gasteiger partial charge in [0.15, 0.2) is 0 Å². The summed E-state index contributed by atoms with van der Waals surface area (Å²) in [6.07, 6.45) is 8.27. The molecule has 2 bridgehead atoms. The molecule has 3 nitrogen and oxygen atoms in total. The van der Waals surface area contributed by atoms with Gasteiger partial charge in [-0.15, -0.1) is 0 Å². The summed E-state index contributed by atoms with van der Waals surface area (Å²) in [6.45, 7) is 7.20. The Bertz CT molecular complexity index is 261. The molecule has 4 rings (SSSR count).